The summed E-state index contributed by atoms with van der Waals surface area (Å²) in [4.78, 5) is 9.11. The third kappa shape index (κ3) is 4.99. The van der Waals surface area contributed by atoms with Gasteiger partial charge >= 0.3 is 0 Å². The molecule has 0 unspecified atom stereocenters. The van der Waals surface area contributed by atoms with Crippen LogP contribution in [0.5, 0.6) is 0 Å². The quantitative estimate of drug-likeness (QED) is 0.583. The molecule has 0 bridgehead atoms. The Balaban J connectivity index is 1.56. The van der Waals surface area contributed by atoms with E-state index in [0.29, 0.717) is 5.69 Å². The lowest BCUT2D eigenvalue weighted by Crippen LogP contribution is -2.53. The van der Waals surface area contributed by atoms with Crippen LogP contribution in [0.25, 0.3) is 0 Å². The van der Waals surface area contributed by atoms with Crippen LogP contribution in [-0.2, 0) is 13.0 Å². The molecular formula is C20H30FN7. The minimum absolute atomic E-state index is 0.158. The summed E-state index contributed by atoms with van der Waals surface area (Å²) in [6, 6.07) is 6.98. The van der Waals surface area contributed by atoms with Crippen molar-refractivity contribution in [3.8, 4) is 0 Å². The number of halogens is 1. The van der Waals surface area contributed by atoms with Gasteiger partial charge in [-0.3, -0.25) is 4.99 Å². The summed E-state index contributed by atoms with van der Waals surface area (Å²) in [6.07, 6.45) is 3.65. The highest BCUT2D eigenvalue weighted by Gasteiger charge is 2.21. The second-order valence-corrected chi connectivity index (χ2v) is 6.85. The number of nitrogens with one attached hydrogen (secondary N) is 1. The predicted octanol–water partition coefficient (Wildman–Crippen LogP) is 2.16. The van der Waals surface area contributed by atoms with E-state index in [1.807, 2.05) is 12.1 Å². The maximum absolute atomic E-state index is 14.1. The zero-order valence-corrected chi connectivity index (χ0v) is 16.8. The Kier molecular flexibility index (Phi) is 7.22. The van der Waals surface area contributed by atoms with Gasteiger partial charge in [0.05, 0.1) is 5.69 Å². The van der Waals surface area contributed by atoms with E-state index in [1.54, 1.807) is 12.4 Å². The highest BCUT2D eigenvalue weighted by Crippen LogP contribution is 2.20. The molecule has 7 nitrogen and oxygen atoms in total. The summed E-state index contributed by atoms with van der Waals surface area (Å²) < 4.78 is 16.1. The topological polar surface area (TPSA) is 61.6 Å². The van der Waals surface area contributed by atoms with Gasteiger partial charge in [0, 0.05) is 52.2 Å². The van der Waals surface area contributed by atoms with Crippen LogP contribution in [0.3, 0.4) is 0 Å². The zero-order chi connectivity index (χ0) is 19.8. The molecule has 2 aromatic rings. The van der Waals surface area contributed by atoms with E-state index < -0.39 is 0 Å². The molecule has 1 aromatic carbocycles. The fourth-order valence-corrected chi connectivity index (χ4v) is 3.38. The Morgan fingerprint density at radius 2 is 1.96 bits per heavy atom. The standard InChI is InChI=1S/C20H30FN7/c1-3-9-22-20(23-10-11-28-16-24-25-19(28)4-2)27-14-12-26(13-15-27)18-8-6-5-7-17(18)21/h5-8,16H,3-4,9-15H2,1-2H3,(H,22,23). The predicted molar refractivity (Wildman–Crippen MR) is 110 cm³/mol. The maximum atomic E-state index is 14.1. The highest BCUT2D eigenvalue weighted by atomic mass is 19.1. The van der Waals surface area contributed by atoms with E-state index in [2.05, 4.69) is 43.7 Å². The van der Waals surface area contributed by atoms with Crippen molar-refractivity contribution < 1.29 is 4.39 Å². The van der Waals surface area contributed by atoms with Gasteiger partial charge in [-0.15, -0.1) is 10.2 Å². The Bertz CT molecular complexity index is 765. The van der Waals surface area contributed by atoms with E-state index in [4.69, 9.17) is 4.99 Å². The minimum atomic E-state index is -0.158. The number of hydrogen-bond donors (Lipinski definition) is 1. The molecule has 1 aliphatic rings. The number of anilines is 1. The lowest BCUT2D eigenvalue weighted by atomic mass is 10.2. The number of guanidine groups is 1. The fraction of sp³-hybridized carbons (Fsp3) is 0.550. The Labute approximate surface area is 166 Å². The number of piperazine rings is 1. The van der Waals surface area contributed by atoms with Crippen molar-refractivity contribution >= 4 is 11.6 Å². The summed E-state index contributed by atoms with van der Waals surface area (Å²) >= 11 is 0. The number of nitrogens with zero attached hydrogens (tertiary/aromatic N) is 6. The normalized spacial score (nSPS) is 15.2. The molecule has 1 aromatic heterocycles. The van der Waals surface area contributed by atoms with Crippen molar-refractivity contribution in [2.75, 3.05) is 44.2 Å². The van der Waals surface area contributed by atoms with Crippen LogP contribution in [-0.4, -0.2) is 64.9 Å². The van der Waals surface area contributed by atoms with Crippen molar-refractivity contribution in [3.63, 3.8) is 0 Å². The summed E-state index contributed by atoms with van der Waals surface area (Å²) in [5.41, 5.74) is 0.682. The molecule has 0 amide bonds. The first-order chi connectivity index (χ1) is 13.7. The summed E-state index contributed by atoms with van der Waals surface area (Å²) in [6.45, 7) is 9.76. The Morgan fingerprint density at radius 1 is 1.18 bits per heavy atom. The molecule has 0 atom stereocenters. The first-order valence-electron chi connectivity index (χ1n) is 10.1. The van der Waals surface area contributed by atoms with Crippen LogP contribution >= 0.6 is 0 Å². The Morgan fingerprint density at radius 3 is 2.68 bits per heavy atom. The molecule has 152 valence electrons. The van der Waals surface area contributed by atoms with Crippen LogP contribution in [0.1, 0.15) is 26.1 Å². The first kappa shape index (κ1) is 20.1. The number of benzene rings is 1. The number of para-hydroxylation sites is 1. The number of aryl methyl sites for hydroxylation is 1. The van der Waals surface area contributed by atoms with Crippen LogP contribution in [0.4, 0.5) is 10.1 Å². The van der Waals surface area contributed by atoms with Crippen molar-refractivity contribution in [1.82, 2.24) is 25.0 Å². The van der Waals surface area contributed by atoms with Gasteiger partial charge < -0.3 is 19.7 Å². The highest BCUT2D eigenvalue weighted by molar-refractivity contribution is 5.80. The molecule has 0 radical (unpaired) electrons. The van der Waals surface area contributed by atoms with E-state index in [0.717, 1.165) is 70.4 Å². The molecule has 0 spiro atoms. The molecule has 1 aliphatic heterocycles. The molecule has 0 saturated carbocycles. The second-order valence-electron chi connectivity index (χ2n) is 6.85. The maximum Gasteiger partial charge on any atom is 0.194 e. The number of aliphatic imine (C=N–C) groups is 1. The minimum Gasteiger partial charge on any atom is -0.366 e. The van der Waals surface area contributed by atoms with Gasteiger partial charge in [0.15, 0.2) is 5.96 Å². The fourth-order valence-electron chi connectivity index (χ4n) is 3.38. The molecule has 1 saturated heterocycles. The smallest absolute Gasteiger partial charge is 0.194 e. The molecule has 28 heavy (non-hydrogen) atoms. The third-order valence-electron chi connectivity index (χ3n) is 4.91. The molecule has 8 heteroatoms. The summed E-state index contributed by atoms with van der Waals surface area (Å²) in [7, 11) is 0. The second kappa shape index (κ2) is 10.1. The average Bonchev–Trinajstić information content (AvgIpc) is 3.19. The lowest BCUT2D eigenvalue weighted by molar-refractivity contribution is 0.369. The van der Waals surface area contributed by atoms with Crippen molar-refractivity contribution in [1.29, 1.82) is 0 Å². The van der Waals surface area contributed by atoms with Crippen molar-refractivity contribution in [2.45, 2.75) is 33.2 Å². The van der Waals surface area contributed by atoms with Gasteiger partial charge in [0.25, 0.3) is 0 Å². The zero-order valence-electron chi connectivity index (χ0n) is 16.8. The Hall–Kier alpha value is -2.64. The average molecular weight is 388 g/mol. The monoisotopic (exact) mass is 387 g/mol. The largest absolute Gasteiger partial charge is 0.366 e. The van der Waals surface area contributed by atoms with Gasteiger partial charge in [0.1, 0.15) is 18.0 Å². The molecule has 3 rings (SSSR count). The van der Waals surface area contributed by atoms with Gasteiger partial charge in [-0.1, -0.05) is 26.0 Å². The molecule has 0 aliphatic carbocycles. The van der Waals surface area contributed by atoms with Crippen LogP contribution in [0.15, 0.2) is 35.6 Å². The summed E-state index contributed by atoms with van der Waals surface area (Å²) in [5, 5.41) is 11.6. The van der Waals surface area contributed by atoms with Gasteiger partial charge in [-0.25, -0.2) is 4.39 Å². The van der Waals surface area contributed by atoms with E-state index in [9.17, 15) is 4.39 Å². The number of rotatable bonds is 7. The van der Waals surface area contributed by atoms with Gasteiger partial charge in [0.2, 0.25) is 0 Å². The van der Waals surface area contributed by atoms with E-state index >= 15 is 0 Å². The molecule has 1 N–H and O–H groups in total. The molecule has 1 fully saturated rings. The van der Waals surface area contributed by atoms with E-state index in [1.165, 1.54) is 6.07 Å². The third-order valence-corrected chi connectivity index (χ3v) is 4.91. The summed E-state index contributed by atoms with van der Waals surface area (Å²) in [5.74, 6) is 1.77. The van der Waals surface area contributed by atoms with Crippen LogP contribution < -0.4 is 10.2 Å². The number of aromatic nitrogens is 3. The molecular weight excluding hydrogens is 357 g/mol. The van der Waals surface area contributed by atoms with Crippen LogP contribution in [0, 0.1) is 5.82 Å². The van der Waals surface area contributed by atoms with Crippen LogP contribution in [0.2, 0.25) is 0 Å². The SMILES string of the molecule is CCCN=C(NCCn1cnnc1CC)N1CCN(c2ccccc2F)CC1. The molecule has 2 heterocycles. The van der Waals surface area contributed by atoms with E-state index in [-0.39, 0.29) is 5.82 Å². The van der Waals surface area contributed by atoms with Crippen molar-refractivity contribution in [3.05, 3.63) is 42.2 Å². The van der Waals surface area contributed by atoms with Crippen molar-refractivity contribution in [2.24, 2.45) is 4.99 Å². The number of hydrogen-bond acceptors (Lipinski definition) is 4. The van der Waals surface area contributed by atoms with Gasteiger partial charge in [-0.2, -0.15) is 0 Å². The first-order valence-corrected chi connectivity index (χ1v) is 10.1. The van der Waals surface area contributed by atoms with Gasteiger partial charge in [-0.05, 0) is 18.6 Å². The lowest BCUT2D eigenvalue weighted by Gasteiger charge is -2.38.